The Labute approximate surface area is 181 Å². The number of aromatic nitrogens is 2. The summed E-state index contributed by atoms with van der Waals surface area (Å²) < 4.78 is 13.3. The molecule has 7 nitrogen and oxygen atoms in total. The highest BCUT2D eigenvalue weighted by atomic mass is 16.5. The fraction of sp³-hybridized carbons (Fsp3) is 0.333. The first-order valence-corrected chi connectivity index (χ1v) is 10.5. The van der Waals surface area contributed by atoms with Crippen LogP contribution in [-0.2, 0) is 6.54 Å². The molecule has 0 aliphatic carbocycles. The molecule has 164 valence electrons. The number of aromatic carboxylic acids is 1. The molecule has 0 aliphatic rings. The molecular weight excluding hydrogens is 396 g/mol. The zero-order valence-electron chi connectivity index (χ0n) is 18.0. The van der Waals surface area contributed by atoms with E-state index in [4.69, 9.17) is 14.6 Å². The Morgan fingerprint density at radius 1 is 1.00 bits per heavy atom. The zero-order chi connectivity index (χ0) is 22.4. The fourth-order valence-electron chi connectivity index (χ4n) is 3.34. The van der Waals surface area contributed by atoms with Crippen molar-refractivity contribution in [3.8, 4) is 34.0 Å². The number of carboxylic acids is 1. The number of hydrogen-bond acceptors (Lipinski definition) is 5. The van der Waals surface area contributed by atoms with Crippen molar-refractivity contribution >= 4 is 5.97 Å². The minimum atomic E-state index is -1.02. The molecule has 0 saturated carbocycles. The van der Waals surface area contributed by atoms with E-state index in [1.165, 1.54) is 6.07 Å². The Kier molecular flexibility index (Phi) is 7.31. The molecule has 1 aromatic heterocycles. The van der Waals surface area contributed by atoms with Gasteiger partial charge in [-0.05, 0) is 56.7 Å². The molecule has 0 amide bonds. The van der Waals surface area contributed by atoms with Crippen molar-refractivity contribution in [2.24, 2.45) is 0 Å². The molecular formula is C24H28N2O5. The van der Waals surface area contributed by atoms with E-state index >= 15 is 0 Å². The van der Waals surface area contributed by atoms with Crippen molar-refractivity contribution in [3.05, 3.63) is 54.1 Å². The summed E-state index contributed by atoms with van der Waals surface area (Å²) in [7, 11) is 0. The smallest absolute Gasteiger partial charge is 0.335 e. The highest BCUT2D eigenvalue weighted by Crippen LogP contribution is 2.36. The number of para-hydroxylation sites is 1. The summed E-state index contributed by atoms with van der Waals surface area (Å²) in [6, 6.07) is 14.3. The number of hydrogen-bond donors (Lipinski definition) is 2. The van der Waals surface area contributed by atoms with Gasteiger partial charge in [0.15, 0.2) is 0 Å². The van der Waals surface area contributed by atoms with Crippen LogP contribution in [0.1, 0.15) is 37.6 Å². The molecule has 0 aliphatic heterocycles. The van der Waals surface area contributed by atoms with Crippen LogP contribution >= 0.6 is 0 Å². The number of rotatable bonds is 10. The van der Waals surface area contributed by atoms with Crippen LogP contribution in [0.2, 0.25) is 0 Å². The molecule has 2 aromatic carbocycles. The summed E-state index contributed by atoms with van der Waals surface area (Å²) in [5.74, 6) is 0.248. The minimum absolute atomic E-state index is 0.151. The van der Waals surface area contributed by atoms with Gasteiger partial charge in [0, 0.05) is 11.1 Å². The average molecular weight is 424 g/mol. The number of ether oxygens (including phenoxy) is 2. The van der Waals surface area contributed by atoms with E-state index in [1.54, 1.807) is 16.8 Å². The standard InChI is InChI=1S/C24H28N2O5/c1-4-17(27)15-26-21(18-9-7-8-10-22(18)30-5-2)14-20(25-26)19-13-16(24(28)29)11-12-23(19)31-6-3/h7-14,17,27H,4-6,15H2,1-3H3,(H,28,29)/t17-/m0/s1. The first kappa shape index (κ1) is 22.4. The second kappa shape index (κ2) is 10.1. The van der Waals surface area contributed by atoms with Crippen molar-refractivity contribution in [3.63, 3.8) is 0 Å². The lowest BCUT2D eigenvalue weighted by Crippen LogP contribution is -2.16. The first-order chi connectivity index (χ1) is 15.0. The van der Waals surface area contributed by atoms with Gasteiger partial charge in [-0.1, -0.05) is 19.1 Å². The highest BCUT2D eigenvalue weighted by molar-refractivity contribution is 5.90. The fourth-order valence-corrected chi connectivity index (χ4v) is 3.34. The summed E-state index contributed by atoms with van der Waals surface area (Å²) in [6.07, 6.45) is 0.0166. The second-order valence-electron chi connectivity index (χ2n) is 7.04. The normalized spacial score (nSPS) is 11.9. The van der Waals surface area contributed by atoms with Crippen molar-refractivity contribution in [1.82, 2.24) is 9.78 Å². The molecule has 3 aromatic rings. The number of carboxylic acid groups (broad SMARTS) is 1. The van der Waals surface area contributed by atoms with Crippen LogP contribution in [0.3, 0.4) is 0 Å². The predicted octanol–water partition coefficient (Wildman–Crippen LogP) is 4.48. The molecule has 0 radical (unpaired) electrons. The van der Waals surface area contributed by atoms with Crippen LogP contribution in [0.15, 0.2) is 48.5 Å². The predicted molar refractivity (Wildman–Crippen MR) is 119 cm³/mol. The van der Waals surface area contributed by atoms with Crippen LogP contribution < -0.4 is 9.47 Å². The highest BCUT2D eigenvalue weighted by Gasteiger charge is 2.20. The summed E-state index contributed by atoms with van der Waals surface area (Å²) in [5, 5.41) is 24.5. The SMILES string of the molecule is CCOc1ccc(C(=O)O)cc1-c1cc(-c2ccccc2OCC)n(C[C@@H](O)CC)n1. The summed E-state index contributed by atoms with van der Waals surface area (Å²) >= 11 is 0. The number of aliphatic hydroxyl groups excluding tert-OH is 1. The van der Waals surface area contributed by atoms with Gasteiger partial charge in [0.25, 0.3) is 0 Å². The molecule has 0 saturated heterocycles. The summed E-state index contributed by atoms with van der Waals surface area (Å²) in [6.45, 7) is 6.96. The molecule has 31 heavy (non-hydrogen) atoms. The molecule has 0 bridgehead atoms. The van der Waals surface area contributed by atoms with Gasteiger partial charge in [0.2, 0.25) is 0 Å². The largest absolute Gasteiger partial charge is 0.493 e. The van der Waals surface area contributed by atoms with E-state index in [1.807, 2.05) is 51.1 Å². The maximum atomic E-state index is 11.5. The molecule has 3 rings (SSSR count). The number of aliphatic hydroxyl groups is 1. The van der Waals surface area contributed by atoms with Crippen molar-refractivity contribution in [2.75, 3.05) is 13.2 Å². The van der Waals surface area contributed by atoms with E-state index in [0.29, 0.717) is 48.9 Å². The summed E-state index contributed by atoms with van der Waals surface area (Å²) in [5.41, 5.74) is 2.92. The number of nitrogens with zero attached hydrogens (tertiary/aromatic N) is 2. The molecule has 0 spiro atoms. The number of carbonyl (C=O) groups is 1. The van der Waals surface area contributed by atoms with Crippen molar-refractivity contribution in [2.45, 2.75) is 39.8 Å². The molecule has 7 heteroatoms. The van der Waals surface area contributed by atoms with Crippen LogP contribution in [-0.4, -0.2) is 45.3 Å². The monoisotopic (exact) mass is 424 g/mol. The van der Waals surface area contributed by atoms with Crippen LogP contribution in [0.5, 0.6) is 11.5 Å². The van der Waals surface area contributed by atoms with Crippen molar-refractivity contribution < 1.29 is 24.5 Å². The average Bonchev–Trinajstić information content (AvgIpc) is 3.17. The first-order valence-electron chi connectivity index (χ1n) is 10.5. The molecule has 0 unspecified atom stereocenters. The Balaban J connectivity index is 2.19. The lowest BCUT2D eigenvalue weighted by atomic mass is 10.0. The Morgan fingerprint density at radius 3 is 2.32 bits per heavy atom. The number of benzene rings is 2. The van der Waals surface area contributed by atoms with Gasteiger partial charge in [-0.3, -0.25) is 4.68 Å². The van der Waals surface area contributed by atoms with Crippen molar-refractivity contribution in [1.29, 1.82) is 0 Å². The third kappa shape index (κ3) is 5.06. The Bertz CT molecular complexity index is 1040. The van der Waals surface area contributed by atoms with Gasteiger partial charge < -0.3 is 19.7 Å². The van der Waals surface area contributed by atoms with E-state index < -0.39 is 12.1 Å². The molecule has 0 fully saturated rings. The third-order valence-corrected chi connectivity index (χ3v) is 4.90. The third-order valence-electron chi connectivity index (χ3n) is 4.90. The lowest BCUT2D eigenvalue weighted by molar-refractivity contribution is 0.0697. The van der Waals surface area contributed by atoms with Gasteiger partial charge in [-0.2, -0.15) is 5.10 Å². The van der Waals surface area contributed by atoms with E-state index in [-0.39, 0.29) is 5.56 Å². The summed E-state index contributed by atoms with van der Waals surface area (Å²) in [4.78, 5) is 11.5. The topological polar surface area (TPSA) is 93.8 Å². The van der Waals surface area contributed by atoms with Crippen LogP contribution in [0.4, 0.5) is 0 Å². The van der Waals surface area contributed by atoms with E-state index in [9.17, 15) is 15.0 Å². The maximum Gasteiger partial charge on any atom is 0.335 e. The minimum Gasteiger partial charge on any atom is -0.493 e. The molecule has 1 atom stereocenters. The van der Waals surface area contributed by atoms with Gasteiger partial charge in [-0.15, -0.1) is 0 Å². The Morgan fingerprint density at radius 2 is 1.68 bits per heavy atom. The quantitative estimate of drug-likeness (QED) is 0.498. The van der Waals surface area contributed by atoms with E-state index in [2.05, 4.69) is 0 Å². The zero-order valence-corrected chi connectivity index (χ0v) is 18.0. The Hall–Kier alpha value is -3.32. The van der Waals surface area contributed by atoms with Gasteiger partial charge >= 0.3 is 5.97 Å². The van der Waals surface area contributed by atoms with E-state index in [0.717, 1.165) is 11.3 Å². The van der Waals surface area contributed by atoms with Crippen LogP contribution in [0, 0.1) is 0 Å². The molecule has 1 heterocycles. The van der Waals surface area contributed by atoms with Gasteiger partial charge in [-0.25, -0.2) is 4.79 Å². The second-order valence-corrected chi connectivity index (χ2v) is 7.04. The van der Waals surface area contributed by atoms with Gasteiger partial charge in [0.05, 0.1) is 42.8 Å². The van der Waals surface area contributed by atoms with Gasteiger partial charge in [0.1, 0.15) is 11.5 Å². The maximum absolute atomic E-state index is 11.5. The molecule has 2 N–H and O–H groups in total. The lowest BCUT2D eigenvalue weighted by Gasteiger charge is -2.14. The van der Waals surface area contributed by atoms with Crippen LogP contribution in [0.25, 0.3) is 22.5 Å².